The lowest BCUT2D eigenvalue weighted by Gasteiger charge is -2.37. The molecule has 39 heavy (non-hydrogen) atoms. The predicted octanol–water partition coefficient (Wildman–Crippen LogP) is 6.02. The number of rotatable bonds is 10. The molecular weight excluding hydrogens is 541 g/mol. The molecule has 2 aliphatic rings. The lowest BCUT2D eigenvalue weighted by molar-refractivity contribution is -0.121. The standard InChI is InChI=1S/C29H37Cl2N3O5/c1-20(2)28(39-29(36)37-3)34-25-19-22(11-9-21(25)10-12-26(34)35)38-18-5-4-13-32-14-16-33(17-15-32)24-8-6-7-23(30)27(24)31/h6-9,11,19-20,28H,4-5,10,12-18H2,1-3H3. The number of aryl methyl sites for hydroxylation is 1. The summed E-state index contributed by atoms with van der Waals surface area (Å²) in [5.41, 5.74) is 2.75. The number of carbonyl (C=O) groups excluding carboxylic acids is 2. The minimum absolute atomic E-state index is 0.0833. The van der Waals surface area contributed by atoms with Crippen molar-refractivity contribution in [3.05, 3.63) is 52.0 Å². The van der Waals surface area contributed by atoms with Crippen LogP contribution >= 0.6 is 23.2 Å². The molecule has 0 aromatic heterocycles. The van der Waals surface area contributed by atoms with Gasteiger partial charge in [-0.1, -0.05) is 49.2 Å². The molecule has 10 heteroatoms. The van der Waals surface area contributed by atoms with E-state index < -0.39 is 12.4 Å². The van der Waals surface area contributed by atoms with Crippen LogP contribution in [0.1, 0.15) is 38.7 Å². The molecule has 0 radical (unpaired) electrons. The van der Waals surface area contributed by atoms with Crippen molar-refractivity contribution in [3.8, 4) is 5.75 Å². The number of carbonyl (C=O) groups is 2. The third kappa shape index (κ3) is 7.29. The highest BCUT2D eigenvalue weighted by molar-refractivity contribution is 6.43. The third-order valence-corrected chi connectivity index (χ3v) is 7.99. The Labute approximate surface area is 240 Å². The molecule has 1 atom stereocenters. The number of halogens is 2. The maximum atomic E-state index is 12.9. The molecule has 0 saturated carbocycles. The number of hydrogen-bond acceptors (Lipinski definition) is 7. The summed E-state index contributed by atoms with van der Waals surface area (Å²) in [6.07, 6.45) is 1.38. The van der Waals surface area contributed by atoms with Crippen molar-refractivity contribution in [3.63, 3.8) is 0 Å². The fourth-order valence-electron chi connectivity index (χ4n) is 5.05. The first kappa shape index (κ1) is 29.3. The number of nitrogens with zero attached hydrogens (tertiary/aromatic N) is 3. The molecule has 2 heterocycles. The van der Waals surface area contributed by atoms with Crippen LogP contribution in [0.2, 0.25) is 10.0 Å². The number of amides is 1. The van der Waals surface area contributed by atoms with Crippen LogP contribution in [-0.2, 0) is 20.7 Å². The van der Waals surface area contributed by atoms with Gasteiger partial charge in [0.05, 0.1) is 35.1 Å². The first-order valence-corrected chi connectivity index (χ1v) is 14.3. The molecule has 4 rings (SSSR count). The van der Waals surface area contributed by atoms with Crippen molar-refractivity contribution >= 4 is 46.6 Å². The van der Waals surface area contributed by atoms with Crippen molar-refractivity contribution in [2.75, 3.05) is 56.2 Å². The van der Waals surface area contributed by atoms with Crippen LogP contribution < -0.4 is 14.5 Å². The van der Waals surface area contributed by atoms with Gasteiger partial charge in [-0.05, 0) is 49.6 Å². The van der Waals surface area contributed by atoms with Crippen molar-refractivity contribution < 1.29 is 23.8 Å². The zero-order chi connectivity index (χ0) is 27.9. The van der Waals surface area contributed by atoms with E-state index in [4.69, 9.17) is 32.7 Å². The van der Waals surface area contributed by atoms with E-state index in [9.17, 15) is 9.59 Å². The van der Waals surface area contributed by atoms with E-state index in [-0.39, 0.29) is 11.8 Å². The predicted molar refractivity (Wildman–Crippen MR) is 154 cm³/mol. The van der Waals surface area contributed by atoms with E-state index in [1.807, 2.05) is 50.2 Å². The molecule has 212 valence electrons. The SMILES string of the molecule is COC(=O)OC(C(C)C)N1C(=O)CCc2ccc(OCCCCN3CCN(c4cccc(Cl)c4Cl)CC3)cc21. The monoisotopic (exact) mass is 577 g/mol. The Balaban J connectivity index is 1.26. The Morgan fingerprint density at radius 1 is 1.00 bits per heavy atom. The maximum Gasteiger partial charge on any atom is 0.509 e. The highest BCUT2D eigenvalue weighted by atomic mass is 35.5. The first-order valence-electron chi connectivity index (χ1n) is 13.5. The lowest BCUT2D eigenvalue weighted by Crippen LogP contribution is -2.48. The summed E-state index contributed by atoms with van der Waals surface area (Å²) in [5, 5.41) is 1.21. The number of benzene rings is 2. The highest BCUT2D eigenvalue weighted by Crippen LogP contribution is 2.35. The first-order chi connectivity index (χ1) is 18.8. The number of unbranched alkanes of at least 4 members (excludes halogenated alkanes) is 1. The van der Waals surface area contributed by atoms with Crippen LogP contribution in [0.4, 0.5) is 16.2 Å². The molecule has 1 amide bonds. The molecule has 0 spiro atoms. The minimum Gasteiger partial charge on any atom is -0.494 e. The largest absolute Gasteiger partial charge is 0.509 e. The van der Waals surface area contributed by atoms with E-state index in [2.05, 4.69) is 14.5 Å². The number of hydrogen-bond donors (Lipinski definition) is 0. The van der Waals surface area contributed by atoms with Crippen LogP contribution in [-0.4, -0.2) is 69.6 Å². The summed E-state index contributed by atoms with van der Waals surface area (Å²) in [4.78, 5) is 31.1. The van der Waals surface area contributed by atoms with Gasteiger partial charge in [-0.25, -0.2) is 4.79 Å². The quantitative estimate of drug-likeness (QED) is 0.252. The summed E-state index contributed by atoms with van der Waals surface area (Å²) in [6.45, 7) is 9.18. The van der Waals surface area contributed by atoms with Crippen molar-refractivity contribution in [1.29, 1.82) is 0 Å². The normalized spacial score (nSPS) is 16.7. The Kier molecular flexibility index (Phi) is 10.2. The van der Waals surface area contributed by atoms with Gasteiger partial charge in [-0.15, -0.1) is 0 Å². The van der Waals surface area contributed by atoms with Gasteiger partial charge in [0.1, 0.15) is 5.75 Å². The van der Waals surface area contributed by atoms with Gasteiger partial charge in [0.15, 0.2) is 6.23 Å². The molecule has 1 saturated heterocycles. The summed E-state index contributed by atoms with van der Waals surface area (Å²) < 4.78 is 16.2. The second kappa shape index (κ2) is 13.6. The topological polar surface area (TPSA) is 71.5 Å². The smallest absolute Gasteiger partial charge is 0.494 e. The van der Waals surface area contributed by atoms with E-state index in [0.29, 0.717) is 35.2 Å². The summed E-state index contributed by atoms with van der Waals surface area (Å²) in [7, 11) is 1.26. The van der Waals surface area contributed by atoms with Gasteiger partial charge in [-0.3, -0.25) is 14.6 Å². The Bertz CT molecular complexity index is 1150. The molecule has 0 aliphatic carbocycles. The second-order valence-corrected chi connectivity index (χ2v) is 11.0. The Morgan fingerprint density at radius 3 is 2.49 bits per heavy atom. The molecule has 0 bridgehead atoms. The van der Waals surface area contributed by atoms with Crippen molar-refractivity contribution in [2.24, 2.45) is 5.92 Å². The average molecular weight is 579 g/mol. The third-order valence-electron chi connectivity index (χ3n) is 7.18. The molecule has 8 nitrogen and oxygen atoms in total. The Hall–Kier alpha value is -2.68. The van der Waals surface area contributed by atoms with Crippen LogP contribution in [0.3, 0.4) is 0 Å². The van der Waals surface area contributed by atoms with Crippen LogP contribution in [0, 0.1) is 5.92 Å². The van der Waals surface area contributed by atoms with Crippen LogP contribution in [0.15, 0.2) is 36.4 Å². The van der Waals surface area contributed by atoms with Crippen molar-refractivity contribution in [2.45, 2.75) is 45.8 Å². The molecule has 1 fully saturated rings. The fourth-order valence-corrected chi connectivity index (χ4v) is 5.47. The fraction of sp³-hybridized carbons (Fsp3) is 0.517. The van der Waals surface area contributed by atoms with Crippen LogP contribution in [0.25, 0.3) is 0 Å². The zero-order valence-electron chi connectivity index (χ0n) is 22.8. The van der Waals surface area contributed by atoms with Crippen molar-refractivity contribution in [1.82, 2.24) is 4.90 Å². The van der Waals surface area contributed by atoms with Crippen LogP contribution in [0.5, 0.6) is 5.75 Å². The summed E-state index contributed by atoms with van der Waals surface area (Å²) in [6, 6.07) is 11.6. The average Bonchev–Trinajstić information content (AvgIpc) is 2.93. The number of anilines is 2. The van der Waals surface area contributed by atoms with Gasteiger partial charge >= 0.3 is 6.16 Å². The van der Waals surface area contributed by atoms with Gasteiger partial charge in [0.2, 0.25) is 5.91 Å². The molecule has 1 unspecified atom stereocenters. The van der Waals surface area contributed by atoms with E-state index >= 15 is 0 Å². The Morgan fingerprint density at radius 2 is 1.77 bits per heavy atom. The number of piperazine rings is 1. The second-order valence-electron chi connectivity index (χ2n) is 10.2. The lowest BCUT2D eigenvalue weighted by atomic mass is 9.98. The van der Waals surface area contributed by atoms with E-state index in [0.717, 1.165) is 62.5 Å². The summed E-state index contributed by atoms with van der Waals surface area (Å²) in [5.74, 6) is 0.494. The van der Waals surface area contributed by atoms with Gasteiger partial charge < -0.3 is 19.1 Å². The minimum atomic E-state index is -0.810. The summed E-state index contributed by atoms with van der Waals surface area (Å²) >= 11 is 12.6. The molecule has 2 aromatic rings. The van der Waals surface area contributed by atoms with E-state index in [1.54, 1.807) is 4.90 Å². The van der Waals surface area contributed by atoms with Gasteiger partial charge in [-0.2, -0.15) is 0 Å². The molecule has 2 aliphatic heterocycles. The molecule has 2 aromatic carbocycles. The highest BCUT2D eigenvalue weighted by Gasteiger charge is 2.35. The number of ether oxygens (including phenoxy) is 3. The molecular formula is C29H37Cl2N3O5. The maximum absolute atomic E-state index is 12.9. The van der Waals surface area contributed by atoms with Gasteiger partial charge in [0.25, 0.3) is 0 Å². The van der Waals surface area contributed by atoms with E-state index in [1.165, 1.54) is 7.11 Å². The molecule has 0 N–H and O–H groups in total. The number of methoxy groups -OCH3 is 1. The van der Waals surface area contributed by atoms with Gasteiger partial charge in [0, 0.05) is 44.6 Å². The zero-order valence-corrected chi connectivity index (χ0v) is 24.3. The number of fused-ring (bicyclic) bond motifs is 1.